The second-order valence-electron chi connectivity index (χ2n) is 5.53. The average Bonchev–Trinajstić information content (AvgIpc) is 2.54. The molecule has 0 fully saturated rings. The number of rotatable bonds is 2. The predicted molar refractivity (Wildman–Crippen MR) is 89.2 cm³/mol. The van der Waals surface area contributed by atoms with Crippen molar-refractivity contribution in [3.05, 3.63) is 71.1 Å². The van der Waals surface area contributed by atoms with Gasteiger partial charge in [-0.05, 0) is 60.4 Å². The number of hydrogen-bond donors (Lipinski definition) is 1. The quantitative estimate of drug-likeness (QED) is 0.860. The number of nitrogens with one attached hydrogen (secondary N) is 1. The maximum Gasteiger partial charge on any atom is 0.251 e. The van der Waals surface area contributed by atoms with E-state index in [-0.39, 0.29) is 5.91 Å². The molecule has 0 spiro atoms. The third-order valence-corrected chi connectivity index (χ3v) is 3.87. The van der Waals surface area contributed by atoms with Gasteiger partial charge in [-0.15, -0.1) is 0 Å². The van der Waals surface area contributed by atoms with E-state index in [2.05, 4.69) is 23.3 Å². The van der Waals surface area contributed by atoms with Gasteiger partial charge in [0.15, 0.2) is 0 Å². The number of benzene rings is 1. The van der Waals surface area contributed by atoms with E-state index in [1.165, 1.54) is 0 Å². The van der Waals surface area contributed by atoms with E-state index in [1.807, 2.05) is 43.3 Å². The molecular weight excluding hydrogens is 272 g/mol. The monoisotopic (exact) mass is 290 g/mol. The van der Waals surface area contributed by atoms with Crippen LogP contribution in [0.15, 0.2) is 59.9 Å². The lowest BCUT2D eigenvalue weighted by Gasteiger charge is -2.14. The maximum absolute atomic E-state index is 12.0. The van der Waals surface area contributed by atoms with Crippen molar-refractivity contribution in [2.24, 2.45) is 0 Å². The summed E-state index contributed by atoms with van der Waals surface area (Å²) >= 11 is 0. The first kappa shape index (κ1) is 14.3. The Labute approximate surface area is 130 Å². The summed E-state index contributed by atoms with van der Waals surface area (Å²) in [6.07, 6.45) is 7.50. The van der Waals surface area contributed by atoms with Crippen LogP contribution in [-0.4, -0.2) is 17.4 Å². The van der Waals surface area contributed by atoms with Crippen LogP contribution >= 0.6 is 0 Å². The van der Waals surface area contributed by atoms with Crippen molar-refractivity contribution in [1.29, 1.82) is 0 Å². The molecule has 0 saturated heterocycles. The van der Waals surface area contributed by atoms with Gasteiger partial charge in [0, 0.05) is 24.5 Å². The Morgan fingerprint density at radius 1 is 1.14 bits per heavy atom. The molecule has 2 heterocycles. The molecule has 3 nitrogen and oxygen atoms in total. The van der Waals surface area contributed by atoms with E-state index in [4.69, 9.17) is 0 Å². The van der Waals surface area contributed by atoms with Crippen LogP contribution in [0, 0.1) is 6.92 Å². The Kier molecular flexibility index (Phi) is 3.88. The van der Waals surface area contributed by atoms with E-state index in [9.17, 15) is 4.79 Å². The van der Waals surface area contributed by atoms with Crippen LogP contribution < -0.4 is 5.32 Å². The van der Waals surface area contributed by atoms with Crippen molar-refractivity contribution >= 4 is 12.0 Å². The topological polar surface area (TPSA) is 42.0 Å². The number of aromatic nitrogens is 1. The first-order valence-corrected chi connectivity index (χ1v) is 7.32. The lowest BCUT2D eigenvalue weighted by atomic mass is 9.95. The van der Waals surface area contributed by atoms with Gasteiger partial charge in [0.05, 0.1) is 0 Å². The van der Waals surface area contributed by atoms with E-state index < -0.39 is 0 Å². The molecule has 0 unspecified atom stereocenters. The highest BCUT2D eigenvalue weighted by molar-refractivity contribution is 6.02. The summed E-state index contributed by atoms with van der Waals surface area (Å²) in [5, 5.41) is 2.88. The zero-order chi connectivity index (χ0) is 15.5. The Balaban J connectivity index is 2.06. The van der Waals surface area contributed by atoms with E-state index in [0.717, 1.165) is 27.8 Å². The molecule has 3 rings (SSSR count). The molecule has 0 bridgehead atoms. The largest absolute Gasteiger partial charge is 0.348 e. The lowest BCUT2D eigenvalue weighted by molar-refractivity contribution is -0.117. The number of pyridine rings is 1. The van der Waals surface area contributed by atoms with Crippen molar-refractivity contribution in [3.8, 4) is 11.1 Å². The highest BCUT2D eigenvalue weighted by atomic mass is 16.1. The second-order valence-corrected chi connectivity index (χ2v) is 5.53. The second kappa shape index (κ2) is 5.98. The molecule has 0 aliphatic carbocycles. The van der Waals surface area contributed by atoms with Crippen molar-refractivity contribution in [2.45, 2.75) is 13.8 Å². The normalized spacial score (nSPS) is 16.4. The van der Waals surface area contributed by atoms with Gasteiger partial charge in [0.1, 0.15) is 0 Å². The SMILES string of the molecule is CC1=C/C(=C\c2cccc(-c3ccncc3)c2C)C(=O)NC1. The van der Waals surface area contributed by atoms with Crippen LogP contribution in [0.1, 0.15) is 18.1 Å². The van der Waals surface area contributed by atoms with E-state index in [0.29, 0.717) is 12.1 Å². The molecule has 3 heteroatoms. The van der Waals surface area contributed by atoms with Crippen molar-refractivity contribution in [2.75, 3.05) is 6.54 Å². The number of amides is 1. The van der Waals surface area contributed by atoms with Gasteiger partial charge in [0.2, 0.25) is 0 Å². The molecular formula is C19H18N2O. The third kappa shape index (κ3) is 2.84. The molecule has 0 saturated carbocycles. The third-order valence-electron chi connectivity index (χ3n) is 3.87. The van der Waals surface area contributed by atoms with Crippen LogP contribution in [0.3, 0.4) is 0 Å². The van der Waals surface area contributed by atoms with Gasteiger partial charge in [-0.2, -0.15) is 0 Å². The zero-order valence-electron chi connectivity index (χ0n) is 12.8. The fraction of sp³-hybridized carbons (Fsp3) is 0.158. The highest BCUT2D eigenvalue weighted by Crippen LogP contribution is 2.27. The fourth-order valence-electron chi connectivity index (χ4n) is 2.63. The predicted octanol–water partition coefficient (Wildman–Crippen LogP) is 3.52. The van der Waals surface area contributed by atoms with Crippen LogP contribution in [0.2, 0.25) is 0 Å². The lowest BCUT2D eigenvalue weighted by Crippen LogP contribution is -2.29. The summed E-state index contributed by atoms with van der Waals surface area (Å²) < 4.78 is 0. The summed E-state index contributed by atoms with van der Waals surface area (Å²) in [6.45, 7) is 4.74. The molecule has 0 radical (unpaired) electrons. The van der Waals surface area contributed by atoms with Crippen molar-refractivity contribution in [1.82, 2.24) is 10.3 Å². The molecule has 1 N–H and O–H groups in total. The minimum absolute atomic E-state index is 0.0145. The Morgan fingerprint density at radius 3 is 2.68 bits per heavy atom. The van der Waals surface area contributed by atoms with Gasteiger partial charge in [-0.25, -0.2) is 0 Å². The molecule has 110 valence electrons. The van der Waals surface area contributed by atoms with Gasteiger partial charge >= 0.3 is 0 Å². The Morgan fingerprint density at radius 2 is 1.91 bits per heavy atom. The number of nitrogens with zero attached hydrogens (tertiary/aromatic N) is 1. The summed E-state index contributed by atoms with van der Waals surface area (Å²) in [5.74, 6) is -0.0145. The summed E-state index contributed by atoms with van der Waals surface area (Å²) in [4.78, 5) is 16.0. The molecule has 1 aliphatic rings. The molecule has 1 aliphatic heterocycles. The standard InChI is InChI=1S/C19H18N2O/c1-13-10-17(19(22)21-12-13)11-16-4-3-5-18(14(16)2)15-6-8-20-9-7-15/h3-11H,12H2,1-2H3,(H,21,22)/b17-11+. The average molecular weight is 290 g/mol. The molecule has 2 aromatic rings. The summed E-state index contributed by atoms with van der Waals surface area (Å²) in [6, 6.07) is 10.1. The highest BCUT2D eigenvalue weighted by Gasteiger charge is 2.13. The van der Waals surface area contributed by atoms with E-state index >= 15 is 0 Å². The molecule has 0 atom stereocenters. The van der Waals surface area contributed by atoms with Gasteiger partial charge in [-0.1, -0.05) is 23.8 Å². The van der Waals surface area contributed by atoms with Crippen LogP contribution in [0.5, 0.6) is 0 Å². The van der Waals surface area contributed by atoms with E-state index in [1.54, 1.807) is 12.4 Å². The van der Waals surface area contributed by atoms with Gasteiger partial charge < -0.3 is 5.32 Å². The summed E-state index contributed by atoms with van der Waals surface area (Å²) in [7, 11) is 0. The fourth-order valence-corrected chi connectivity index (χ4v) is 2.63. The Hall–Kier alpha value is -2.68. The maximum atomic E-state index is 12.0. The number of carbonyl (C=O) groups is 1. The number of carbonyl (C=O) groups excluding carboxylic acids is 1. The van der Waals surface area contributed by atoms with Crippen LogP contribution in [-0.2, 0) is 4.79 Å². The zero-order valence-corrected chi connectivity index (χ0v) is 12.8. The molecule has 1 aromatic carbocycles. The van der Waals surface area contributed by atoms with Crippen LogP contribution in [0.25, 0.3) is 17.2 Å². The van der Waals surface area contributed by atoms with Crippen molar-refractivity contribution < 1.29 is 4.79 Å². The van der Waals surface area contributed by atoms with Crippen LogP contribution in [0.4, 0.5) is 0 Å². The molecule has 1 amide bonds. The minimum Gasteiger partial charge on any atom is -0.348 e. The van der Waals surface area contributed by atoms with Gasteiger partial charge in [-0.3, -0.25) is 9.78 Å². The minimum atomic E-state index is -0.0145. The molecule has 1 aromatic heterocycles. The van der Waals surface area contributed by atoms with Gasteiger partial charge in [0.25, 0.3) is 5.91 Å². The Bertz CT molecular complexity index is 773. The number of hydrogen-bond acceptors (Lipinski definition) is 2. The molecule has 22 heavy (non-hydrogen) atoms. The smallest absolute Gasteiger partial charge is 0.251 e. The van der Waals surface area contributed by atoms with Crippen molar-refractivity contribution in [3.63, 3.8) is 0 Å². The first-order valence-electron chi connectivity index (χ1n) is 7.32. The summed E-state index contributed by atoms with van der Waals surface area (Å²) in [5.41, 5.74) is 6.38. The first-order chi connectivity index (χ1) is 10.6.